The van der Waals surface area contributed by atoms with Crippen LogP contribution in [0.4, 0.5) is 11.6 Å². The maximum atomic E-state index is 12.7. The summed E-state index contributed by atoms with van der Waals surface area (Å²) in [4.78, 5) is 29.3. The van der Waals surface area contributed by atoms with Crippen molar-refractivity contribution in [1.29, 1.82) is 0 Å². The first kappa shape index (κ1) is 16.2. The van der Waals surface area contributed by atoms with Crippen LogP contribution < -0.4 is 10.2 Å². The van der Waals surface area contributed by atoms with E-state index in [4.69, 9.17) is 0 Å². The molecule has 2 aromatic heterocycles. The van der Waals surface area contributed by atoms with Crippen molar-refractivity contribution < 1.29 is 4.79 Å². The number of amides is 1. The maximum absolute atomic E-state index is 12.7. The van der Waals surface area contributed by atoms with Crippen molar-refractivity contribution in [3.63, 3.8) is 0 Å². The Morgan fingerprint density at radius 3 is 2.58 bits per heavy atom. The third kappa shape index (κ3) is 3.79. The normalized spacial score (nSPS) is 14.8. The molecule has 7 heteroatoms. The molecule has 0 aromatic carbocycles. The van der Waals surface area contributed by atoms with E-state index in [0.717, 1.165) is 18.9 Å². The van der Waals surface area contributed by atoms with Crippen LogP contribution in [-0.2, 0) is 0 Å². The summed E-state index contributed by atoms with van der Waals surface area (Å²) in [6.07, 6.45) is 3.22. The van der Waals surface area contributed by atoms with Gasteiger partial charge in [-0.05, 0) is 26.0 Å². The number of aromatic nitrogens is 3. The molecule has 0 saturated carbocycles. The number of nitrogens with one attached hydrogen (secondary N) is 1. The zero-order chi connectivity index (χ0) is 16.9. The highest BCUT2D eigenvalue weighted by Crippen LogP contribution is 2.15. The highest BCUT2D eigenvalue weighted by Gasteiger charge is 2.23. The van der Waals surface area contributed by atoms with E-state index in [1.165, 1.54) is 6.33 Å². The van der Waals surface area contributed by atoms with E-state index < -0.39 is 0 Å². The van der Waals surface area contributed by atoms with Gasteiger partial charge < -0.3 is 15.1 Å². The highest BCUT2D eigenvalue weighted by atomic mass is 16.2. The molecule has 0 radical (unpaired) electrons. The third-order valence-corrected chi connectivity index (χ3v) is 3.86. The topological polar surface area (TPSA) is 74.2 Å². The van der Waals surface area contributed by atoms with Gasteiger partial charge >= 0.3 is 0 Å². The van der Waals surface area contributed by atoms with Crippen molar-refractivity contribution in [2.45, 2.75) is 19.9 Å². The van der Waals surface area contributed by atoms with Gasteiger partial charge in [-0.1, -0.05) is 6.07 Å². The van der Waals surface area contributed by atoms with Crippen LogP contribution in [0.1, 0.15) is 24.3 Å². The van der Waals surface area contributed by atoms with Gasteiger partial charge in [-0.2, -0.15) is 0 Å². The first-order valence-electron chi connectivity index (χ1n) is 8.17. The van der Waals surface area contributed by atoms with Gasteiger partial charge in [0, 0.05) is 44.5 Å². The molecule has 0 aliphatic carbocycles. The van der Waals surface area contributed by atoms with Crippen LogP contribution in [0, 0.1) is 0 Å². The predicted molar refractivity (Wildman–Crippen MR) is 93.1 cm³/mol. The zero-order valence-electron chi connectivity index (χ0n) is 14.0. The lowest BCUT2D eigenvalue weighted by atomic mass is 10.2. The summed E-state index contributed by atoms with van der Waals surface area (Å²) < 4.78 is 0. The fourth-order valence-electron chi connectivity index (χ4n) is 2.69. The predicted octanol–water partition coefficient (Wildman–Crippen LogP) is 1.65. The molecule has 1 aliphatic heterocycles. The summed E-state index contributed by atoms with van der Waals surface area (Å²) in [5.41, 5.74) is 0.430. The number of carbonyl (C=O) groups is 1. The number of anilines is 2. The average Bonchev–Trinajstić information content (AvgIpc) is 2.62. The summed E-state index contributed by atoms with van der Waals surface area (Å²) >= 11 is 0. The van der Waals surface area contributed by atoms with Crippen molar-refractivity contribution in [2.24, 2.45) is 0 Å². The van der Waals surface area contributed by atoms with Crippen LogP contribution >= 0.6 is 0 Å². The molecule has 0 spiro atoms. The standard InChI is InChI=1S/C17H22N6O/c1-13(2)21-15-11-14(19-12-20-15)17(24)23-9-7-22(8-10-23)16-5-3-4-6-18-16/h3-6,11-13H,7-10H2,1-2H3,(H,19,20,21). The smallest absolute Gasteiger partial charge is 0.272 e. The number of pyridine rings is 1. The quantitative estimate of drug-likeness (QED) is 0.921. The largest absolute Gasteiger partial charge is 0.368 e. The number of rotatable bonds is 4. The van der Waals surface area contributed by atoms with Crippen LogP contribution in [0.15, 0.2) is 36.8 Å². The number of carbonyl (C=O) groups excluding carboxylic acids is 1. The molecule has 1 amide bonds. The zero-order valence-corrected chi connectivity index (χ0v) is 14.0. The molecule has 7 nitrogen and oxygen atoms in total. The molecule has 1 fully saturated rings. The molecular weight excluding hydrogens is 304 g/mol. The second-order valence-corrected chi connectivity index (χ2v) is 6.05. The average molecular weight is 326 g/mol. The first-order chi connectivity index (χ1) is 11.6. The Morgan fingerprint density at radius 1 is 1.12 bits per heavy atom. The molecule has 0 unspecified atom stereocenters. The Hall–Kier alpha value is -2.70. The Labute approximate surface area is 141 Å². The van der Waals surface area contributed by atoms with E-state index in [1.54, 1.807) is 12.3 Å². The van der Waals surface area contributed by atoms with Gasteiger partial charge in [-0.15, -0.1) is 0 Å². The van der Waals surface area contributed by atoms with Gasteiger partial charge in [-0.3, -0.25) is 4.79 Å². The van der Waals surface area contributed by atoms with Gasteiger partial charge in [0.25, 0.3) is 5.91 Å². The molecular formula is C17H22N6O. The van der Waals surface area contributed by atoms with Gasteiger partial charge in [-0.25, -0.2) is 15.0 Å². The SMILES string of the molecule is CC(C)Nc1cc(C(=O)N2CCN(c3ccccn3)CC2)ncn1. The fourth-order valence-corrected chi connectivity index (χ4v) is 2.69. The van der Waals surface area contributed by atoms with Crippen LogP contribution in [-0.4, -0.2) is 58.0 Å². The molecule has 0 bridgehead atoms. The van der Waals surface area contributed by atoms with Gasteiger partial charge in [0.2, 0.25) is 0 Å². The second-order valence-electron chi connectivity index (χ2n) is 6.05. The molecule has 3 rings (SSSR count). The molecule has 0 atom stereocenters. The van der Waals surface area contributed by atoms with Gasteiger partial charge in [0.15, 0.2) is 0 Å². The Bertz CT molecular complexity index is 682. The molecule has 126 valence electrons. The molecule has 1 saturated heterocycles. The fraction of sp³-hybridized carbons (Fsp3) is 0.412. The molecule has 1 N–H and O–H groups in total. The number of hydrogen-bond donors (Lipinski definition) is 1. The number of piperazine rings is 1. The van der Waals surface area contributed by atoms with Gasteiger partial charge in [0.05, 0.1) is 0 Å². The van der Waals surface area contributed by atoms with E-state index in [0.29, 0.717) is 24.6 Å². The van der Waals surface area contributed by atoms with Crippen molar-refractivity contribution in [3.05, 3.63) is 42.5 Å². The lowest BCUT2D eigenvalue weighted by Crippen LogP contribution is -2.49. The van der Waals surface area contributed by atoms with Crippen molar-refractivity contribution in [2.75, 3.05) is 36.4 Å². The second kappa shape index (κ2) is 7.25. The monoisotopic (exact) mass is 326 g/mol. The van der Waals surface area contributed by atoms with E-state index in [2.05, 4.69) is 25.2 Å². The molecule has 1 aliphatic rings. The summed E-state index contributed by atoms with van der Waals surface area (Å²) in [6.45, 7) is 6.91. The first-order valence-corrected chi connectivity index (χ1v) is 8.17. The van der Waals surface area contributed by atoms with E-state index in [-0.39, 0.29) is 11.9 Å². The minimum Gasteiger partial charge on any atom is -0.368 e. The minimum atomic E-state index is -0.0510. The van der Waals surface area contributed by atoms with E-state index >= 15 is 0 Å². The Kier molecular flexibility index (Phi) is 4.88. The summed E-state index contributed by atoms with van der Waals surface area (Å²) in [6, 6.07) is 7.84. The number of nitrogens with zero attached hydrogens (tertiary/aromatic N) is 5. The van der Waals surface area contributed by atoms with E-state index in [1.807, 2.05) is 36.9 Å². The summed E-state index contributed by atoms with van der Waals surface area (Å²) in [5, 5.41) is 3.19. The van der Waals surface area contributed by atoms with E-state index in [9.17, 15) is 4.79 Å². The summed E-state index contributed by atoms with van der Waals surface area (Å²) in [7, 11) is 0. The van der Waals surface area contributed by atoms with Crippen LogP contribution in [0.25, 0.3) is 0 Å². The Morgan fingerprint density at radius 2 is 1.92 bits per heavy atom. The van der Waals surface area contributed by atoms with Gasteiger partial charge in [0.1, 0.15) is 23.7 Å². The third-order valence-electron chi connectivity index (χ3n) is 3.86. The van der Waals surface area contributed by atoms with Crippen LogP contribution in [0.5, 0.6) is 0 Å². The maximum Gasteiger partial charge on any atom is 0.272 e. The highest BCUT2D eigenvalue weighted by molar-refractivity contribution is 5.93. The molecule has 24 heavy (non-hydrogen) atoms. The Balaban J connectivity index is 1.63. The molecule has 3 heterocycles. The lowest BCUT2D eigenvalue weighted by molar-refractivity contribution is 0.0740. The molecule has 2 aromatic rings. The summed E-state index contributed by atoms with van der Waals surface area (Å²) in [5.74, 6) is 1.58. The van der Waals surface area contributed by atoms with Crippen LogP contribution in [0.2, 0.25) is 0 Å². The minimum absolute atomic E-state index is 0.0510. The van der Waals surface area contributed by atoms with Crippen molar-refractivity contribution in [1.82, 2.24) is 19.9 Å². The van der Waals surface area contributed by atoms with Crippen molar-refractivity contribution >= 4 is 17.5 Å². The van der Waals surface area contributed by atoms with Crippen molar-refractivity contribution in [3.8, 4) is 0 Å². The number of hydrogen-bond acceptors (Lipinski definition) is 6. The van der Waals surface area contributed by atoms with Crippen LogP contribution in [0.3, 0.4) is 0 Å². The lowest BCUT2D eigenvalue weighted by Gasteiger charge is -2.35.